The number of rotatable bonds is 6. The molecule has 1 aromatic heterocycles. The lowest BCUT2D eigenvalue weighted by Crippen LogP contribution is -2.28. The third-order valence-corrected chi connectivity index (χ3v) is 3.23. The second-order valence-electron chi connectivity index (χ2n) is 4.10. The van der Waals surface area contributed by atoms with Crippen LogP contribution in [0.15, 0.2) is 45.5 Å². The Kier molecular flexibility index (Phi) is 4.99. The first-order chi connectivity index (χ1) is 10.1. The molecule has 0 radical (unpaired) electrons. The average molecular weight is 354 g/mol. The van der Waals surface area contributed by atoms with Gasteiger partial charge in [-0.05, 0) is 46.3 Å². The fraction of sp³-hybridized carbons (Fsp3) is 0.143. The monoisotopic (exact) mass is 353 g/mol. The molecule has 2 N–H and O–H groups in total. The highest BCUT2D eigenvalue weighted by molar-refractivity contribution is 9.10. The van der Waals surface area contributed by atoms with E-state index in [-0.39, 0.29) is 24.6 Å². The van der Waals surface area contributed by atoms with Crippen LogP contribution in [0.3, 0.4) is 0 Å². The summed E-state index contributed by atoms with van der Waals surface area (Å²) in [6.07, 6.45) is 1.52. The molecule has 0 saturated heterocycles. The number of furan rings is 1. The quantitative estimate of drug-likeness (QED) is 0.832. The van der Waals surface area contributed by atoms with E-state index < -0.39 is 5.97 Å². The Morgan fingerprint density at radius 2 is 2.14 bits per heavy atom. The van der Waals surface area contributed by atoms with Gasteiger partial charge in [-0.2, -0.15) is 0 Å². The number of carbonyl (C=O) groups is 2. The standard InChI is InChI=1S/C14H12BrNO5/c15-11-4-3-9(14(18)19)6-12(11)21-8-13(17)16-7-10-2-1-5-20-10/h1-6H,7-8H2,(H,16,17)(H,18,19). The number of nitrogens with one attached hydrogen (secondary N) is 1. The highest BCUT2D eigenvalue weighted by Gasteiger charge is 2.10. The molecule has 2 aromatic rings. The summed E-state index contributed by atoms with van der Waals surface area (Å²) >= 11 is 3.24. The summed E-state index contributed by atoms with van der Waals surface area (Å²) in [4.78, 5) is 22.5. The van der Waals surface area contributed by atoms with E-state index in [9.17, 15) is 9.59 Å². The van der Waals surface area contributed by atoms with Crippen molar-refractivity contribution in [3.05, 3.63) is 52.4 Å². The molecule has 0 atom stereocenters. The zero-order valence-electron chi connectivity index (χ0n) is 10.8. The van der Waals surface area contributed by atoms with Gasteiger partial charge in [0.15, 0.2) is 6.61 Å². The first-order valence-electron chi connectivity index (χ1n) is 6.01. The van der Waals surface area contributed by atoms with Crippen molar-refractivity contribution in [1.29, 1.82) is 0 Å². The molecule has 1 amide bonds. The molecule has 7 heteroatoms. The van der Waals surface area contributed by atoms with Crippen molar-refractivity contribution in [2.45, 2.75) is 6.54 Å². The van der Waals surface area contributed by atoms with E-state index in [1.54, 1.807) is 18.2 Å². The van der Waals surface area contributed by atoms with Crippen molar-refractivity contribution in [2.24, 2.45) is 0 Å². The number of ether oxygens (including phenoxy) is 1. The fourth-order valence-corrected chi connectivity index (χ4v) is 1.90. The van der Waals surface area contributed by atoms with Gasteiger partial charge in [0.05, 0.1) is 22.8 Å². The molecule has 0 spiro atoms. The molecule has 0 bridgehead atoms. The van der Waals surface area contributed by atoms with Crippen LogP contribution in [0.4, 0.5) is 0 Å². The summed E-state index contributed by atoms with van der Waals surface area (Å²) in [5.41, 5.74) is 0.0872. The number of carboxylic acids is 1. The van der Waals surface area contributed by atoms with Crippen molar-refractivity contribution in [3.8, 4) is 5.75 Å². The lowest BCUT2D eigenvalue weighted by atomic mass is 10.2. The number of amides is 1. The minimum Gasteiger partial charge on any atom is -0.483 e. The average Bonchev–Trinajstić information content (AvgIpc) is 2.97. The second kappa shape index (κ2) is 6.94. The maximum atomic E-state index is 11.6. The van der Waals surface area contributed by atoms with Crippen LogP contribution in [0.2, 0.25) is 0 Å². The Morgan fingerprint density at radius 1 is 1.33 bits per heavy atom. The van der Waals surface area contributed by atoms with Crippen molar-refractivity contribution in [2.75, 3.05) is 6.61 Å². The Labute approximate surface area is 128 Å². The van der Waals surface area contributed by atoms with E-state index in [2.05, 4.69) is 21.2 Å². The molecule has 110 valence electrons. The zero-order valence-corrected chi connectivity index (χ0v) is 12.4. The van der Waals surface area contributed by atoms with Crippen LogP contribution in [0.1, 0.15) is 16.1 Å². The summed E-state index contributed by atoms with van der Waals surface area (Å²) in [5, 5.41) is 11.5. The Morgan fingerprint density at radius 3 is 2.81 bits per heavy atom. The van der Waals surface area contributed by atoms with Gasteiger partial charge in [-0.3, -0.25) is 4.79 Å². The SMILES string of the molecule is O=C(COc1cc(C(=O)O)ccc1Br)NCc1ccco1. The van der Waals surface area contributed by atoms with Gasteiger partial charge in [-0.25, -0.2) is 4.79 Å². The van der Waals surface area contributed by atoms with Crippen molar-refractivity contribution >= 4 is 27.8 Å². The Hall–Kier alpha value is -2.28. The minimum absolute atomic E-state index is 0.0872. The minimum atomic E-state index is -1.06. The molecule has 0 aliphatic heterocycles. The van der Waals surface area contributed by atoms with Crippen LogP contribution in [-0.4, -0.2) is 23.6 Å². The van der Waals surface area contributed by atoms with Gasteiger partial charge in [0.2, 0.25) is 0 Å². The molecule has 0 aliphatic carbocycles. The first kappa shape index (κ1) is 15.1. The summed E-state index contributed by atoms with van der Waals surface area (Å²) < 4.78 is 11.0. The lowest BCUT2D eigenvalue weighted by Gasteiger charge is -2.09. The summed E-state index contributed by atoms with van der Waals surface area (Å²) in [6, 6.07) is 7.82. The summed E-state index contributed by atoms with van der Waals surface area (Å²) in [5.74, 6) is -0.464. The molecular weight excluding hydrogens is 342 g/mol. The Balaban J connectivity index is 1.88. The molecule has 0 saturated carbocycles. The van der Waals surface area contributed by atoms with Crippen LogP contribution < -0.4 is 10.1 Å². The summed E-state index contributed by atoms with van der Waals surface area (Å²) in [7, 11) is 0. The van der Waals surface area contributed by atoms with E-state index >= 15 is 0 Å². The number of halogens is 1. The topological polar surface area (TPSA) is 88.8 Å². The van der Waals surface area contributed by atoms with E-state index in [0.717, 1.165) is 0 Å². The first-order valence-corrected chi connectivity index (χ1v) is 6.80. The maximum Gasteiger partial charge on any atom is 0.335 e. The van der Waals surface area contributed by atoms with Gasteiger partial charge < -0.3 is 19.6 Å². The smallest absolute Gasteiger partial charge is 0.335 e. The molecule has 21 heavy (non-hydrogen) atoms. The van der Waals surface area contributed by atoms with Crippen LogP contribution in [0.25, 0.3) is 0 Å². The Bertz CT molecular complexity index is 639. The van der Waals surface area contributed by atoms with Gasteiger partial charge >= 0.3 is 5.97 Å². The number of carboxylic acid groups (broad SMARTS) is 1. The summed E-state index contributed by atoms with van der Waals surface area (Å²) in [6.45, 7) is 0.0495. The molecular formula is C14H12BrNO5. The van der Waals surface area contributed by atoms with Crippen LogP contribution in [-0.2, 0) is 11.3 Å². The number of benzene rings is 1. The largest absolute Gasteiger partial charge is 0.483 e. The van der Waals surface area contributed by atoms with E-state index in [0.29, 0.717) is 16.0 Å². The van der Waals surface area contributed by atoms with E-state index in [1.165, 1.54) is 18.4 Å². The number of hydrogen-bond donors (Lipinski definition) is 2. The number of hydrogen-bond acceptors (Lipinski definition) is 4. The third kappa shape index (κ3) is 4.35. The van der Waals surface area contributed by atoms with Crippen LogP contribution in [0.5, 0.6) is 5.75 Å². The van der Waals surface area contributed by atoms with Gasteiger partial charge in [0, 0.05) is 0 Å². The van der Waals surface area contributed by atoms with Gasteiger partial charge in [-0.1, -0.05) is 0 Å². The highest BCUT2D eigenvalue weighted by Crippen LogP contribution is 2.26. The maximum absolute atomic E-state index is 11.6. The van der Waals surface area contributed by atoms with Crippen molar-refractivity contribution < 1.29 is 23.8 Å². The molecule has 0 unspecified atom stereocenters. The number of carbonyl (C=O) groups excluding carboxylic acids is 1. The molecule has 0 fully saturated rings. The van der Waals surface area contributed by atoms with Gasteiger partial charge in [0.25, 0.3) is 5.91 Å². The second-order valence-corrected chi connectivity index (χ2v) is 4.95. The number of aromatic carboxylic acids is 1. The van der Waals surface area contributed by atoms with E-state index in [1.807, 2.05) is 0 Å². The van der Waals surface area contributed by atoms with Crippen LogP contribution in [0, 0.1) is 0 Å². The molecule has 1 heterocycles. The van der Waals surface area contributed by atoms with Gasteiger partial charge in [0.1, 0.15) is 11.5 Å². The molecule has 6 nitrogen and oxygen atoms in total. The predicted molar refractivity (Wildman–Crippen MR) is 77.2 cm³/mol. The molecule has 1 aromatic carbocycles. The fourth-order valence-electron chi connectivity index (χ4n) is 1.54. The zero-order chi connectivity index (χ0) is 15.2. The van der Waals surface area contributed by atoms with Crippen LogP contribution >= 0.6 is 15.9 Å². The van der Waals surface area contributed by atoms with Crippen molar-refractivity contribution in [3.63, 3.8) is 0 Å². The van der Waals surface area contributed by atoms with Crippen molar-refractivity contribution in [1.82, 2.24) is 5.32 Å². The highest BCUT2D eigenvalue weighted by atomic mass is 79.9. The normalized spacial score (nSPS) is 10.1. The molecule has 0 aliphatic rings. The molecule has 2 rings (SSSR count). The van der Waals surface area contributed by atoms with E-state index in [4.69, 9.17) is 14.3 Å². The lowest BCUT2D eigenvalue weighted by molar-refractivity contribution is -0.123. The predicted octanol–water partition coefficient (Wildman–Crippen LogP) is 2.44. The van der Waals surface area contributed by atoms with Gasteiger partial charge in [-0.15, -0.1) is 0 Å². The third-order valence-electron chi connectivity index (χ3n) is 2.58.